The molecule has 0 saturated heterocycles. The molecule has 0 unspecified atom stereocenters. The molecule has 0 bridgehead atoms. The molecule has 3 aromatic rings. The maximum absolute atomic E-state index is 12.6. The van der Waals surface area contributed by atoms with E-state index in [0.29, 0.717) is 5.69 Å². The summed E-state index contributed by atoms with van der Waals surface area (Å²) in [5, 5.41) is 12.4. The van der Waals surface area contributed by atoms with Crippen LogP contribution in [0.1, 0.15) is 33.4 Å². The molecule has 3 nitrogen and oxygen atoms in total. The Balaban J connectivity index is 1.88. The number of nitrogens with zero attached hydrogens (tertiary/aromatic N) is 1. The van der Waals surface area contributed by atoms with Crippen LogP contribution < -0.4 is 5.32 Å². The number of hydrogen-bond donors (Lipinski definition) is 1. The molecule has 1 N–H and O–H groups in total. The molecule has 0 atom stereocenters. The highest BCUT2D eigenvalue weighted by molar-refractivity contribution is 6.09. The van der Waals surface area contributed by atoms with Gasteiger partial charge in [-0.15, -0.1) is 0 Å². The summed E-state index contributed by atoms with van der Waals surface area (Å²) in [5.41, 5.74) is 7.43. The minimum atomic E-state index is -0.403. The normalized spacial score (nSPS) is 11.0. The van der Waals surface area contributed by atoms with E-state index < -0.39 is 5.91 Å². The van der Waals surface area contributed by atoms with E-state index in [1.54, 1.807) is 6.08 Å². The summed E-state index contributed by atoms with van der Waals surface area (Å²) >= 11 is 0. The lowest BCUT2D eigenvalue weighted by Gasteiger charge is -2.09. The van der Waals surface area contributed by atoms with Crippen LogP contribution in [0.25, 0.3) is 6.08 Å². The monoisotopic (exact) mass is 380 g/mol. The first-order valence-electron chi connectivity index (χ1n) is 9.59. The lowest BCUT2D eigenvalue weighted by Crippen LogP contribution is -2.13. The van der Waals surface area contributed by atoms with Crippen molar-refractivity contribution in [2.75, 3.05) is 5.32 Å². The van der Waals surface area contributed by atoms with Gasteiger partial charge >= 0.3 is 0 Å². The van der Waals surface area contributed by atoms with Crippen LogP contribution in [0, 0.1) is 32.1 Å². The van der Waals surface area contributed by atoms with E-state index >= 15 is 0 Å². The number of nitrogens with one attached hydrogen (secondary N) is 1. The molecule has 0 aliphatic heterocycles. The van der Waals surface area contributed by atoms with Gasteiger partial charge in [-0.25, -0.2) is 0 Å². The van der Waals surface area contributed by atoms with E-state index in [1.165, 1.54) is 16.7 Å². The van der Waals surface area contributed by atoms with E-state index in [1.807, 2.05) is 61.5 Å². The maximum Gasteiger partial charge on any atom is 0.266 e. The summed E-state index contributed by atoms with van der Waals surface area (Å²) < 4.78 is 0. The van der Waals surface area contributed by atoms with Crippen LogP contribution in [-0.4, -0.2) is 5.91 Å². The molecule has 3 heteroatoms. The summed E-state index contributed by atoms with van der Waals surface area (Å²) in [5.74, 6) is -0.403. The Labute approximate surface area is 172 Å². The van der Waals surface area contributed by atoms with Gasteiger partial charge in [-0.1, -0.05) is 65.7 Å². The average molecular weight is 380 g/mol. The number of nitriles is 1. The zero-order chi connectivity index (χ0) is 20.8. The van der Waals surface area contributed by atoms with Crippen LogP contribution in [0.15, 0.2) is 72.3 Å². The van der Waals surface area contributed by atoms with Gasteiger partial charge in [0.1, 0.15) is 11.6 Å². The van der Waals surface area contributed by atoms with Crippen molar-refractivity contribution in [3.8, 4) is 6.07 Å². The van der Waals surface area contributed by atoms with E-state index in [4.69, 9.17) is 0 Å². The summed E-state index contributed by atoms with van der Waals surface area (Å²) in [4.78, 5) is 12.6. The average Bonchev–Trinajstić information content (AvgIpc) is 2.66. The Hall–Kier alpha value is -3.64. The molecule has 0 aliphatic rings. The standard InChI is InChI=1S/C26H24N2O/c1-18-7-6-10-25(14-18)28-26(29)24(17-27)16-23-9-5-4-8-22(23)15-21-12-19(2)11-20(3)13-21/h4-14,16H,15H2,1-3H3,(H,28,29)/b24-16+. The number of rotatable bonds is 5. The Kier molecular flexibility index (Phi) is 6.26. The molecule has 3 aromatic carbocycles. The Bertz CT molecular complexity index is 1100. The maximum atomic E-state index is 12.6. The zero-order valence-corrected chi connectivity index (χ0v) is 17.0. The van der Waals surface area contributed by atoms with E-state index in [0.717, 1.165) is 23.1 Å². The number of hydrogen-bond acceptors (Lipinski definition) is 2. The topological polar surface area (TPSA) is 52.9 Å². The molecular formula is C26H24N2O. The van der Waals surface area contributed by atoms with Crippen molar-refractivity contribution in [2.45, 2.75) is 27.2 Å². The first-order chi connectivity index (χ1) is 13.9. The van der Waals surface area contributed by atoms with Gasteiger partial charge in [0.05, 0.1) is 0 Å². The van der Waals surface area contributed by atoms with Crippen LogP contribution in [-0.2, 0) is 11.2 Å². The van der Waals surface area contributed by atoms with E-state index in [9.17, 15) is 10.1 Å². The molecule has 29 heavy (non-hydrogen) atoms. The molecule has 0 fully saturated rings. The SMILES string of the molecule is Cc1cc(C)cc(Cc2ccccc2/C=C(\C#N)C(=O)Nc2cccc(C)c2)c1. The van der Waals surface area contributed by atoms with E-state index in [-0.39, 0.29) is 5.57 Å². The molecule has 1 amide bonds. The third-order valence-electron chi connectivity index (χ3n) is 4.67. The van der Waals surface area contributed by atoms with Crippen LogP contribution in [0.2, 0.25) is 0 Å². The smallest absolute Gasteiger partial charge is 0.266 e. The third kappa shape index (κ3) is 5.43. The highest BCUT2D eigenvalue weighted by atomic mass is 16.1. The van der Waals surface area contributed by atoms with Gasteiger partial charge in [-0.05, 0) is 67.7 Å². The van der Waals surface area contributed by atoms with E-state index in [2.05, 4.69) is 37.4 Å². The Morgan fingerprint density at radius 1 is 0.931 bits per heavy atom. The first-order valence-corrected chi connectivity index (χ1v) is 9.59. The molecule has 3 rings (SSSR count). The first kappa shape index (κ1) is 20.1. The van der Waals surface area contributed by atoms with Crippen molar-refractivity contribution in [2.24, 2.45) is 0 Å². The van der Waals surface area contributed by atoms with Crippen molar-refractivity contribution in [1.82, 2.24) is 0 Å². The summed E-state index contributed by atoms with van der Waals surface area (Å²) in [7, 11) is 0. The third-order valence-corrected chi connectivity index (χ3v) is 4.67. The Morgan fingerprint density at radius 3 is 2.34 bits per heavy atom. The fraction of sp³-hybridized carbons (Fsp3) is 0.154. The summed E-state index contributed by atoms with van der Waals surface area (Å²) in [6.07, 6.45) is 2.41. The van der Waals surface area contributed by atoms with Gasteiger partial charge in [0.2, 0.25) is 0 Å². The molecular weight excluding hydrogens is 356 g/mol. The number of carbonyl (C=O) groups excluding carboxylic acids is 1. The lowest BCUT2D eigenvalue weighted by molar-refractivity contribution is -0.112. The van der Waals surface area contributed by atoms with Crippen LogP contribution >= 0.6 is 0 Å². The van der Waals surface area contributed by atoms with Gasteiger partial charge in [0, 0.05) is 5.69 Å². The summed E-state index contributed by atoms with van der Waals surface area (Å²) in [6.45, 7) is 6.14. The fourth-order valence-electron chi connectivity index (χ4n) is 3.45. The fourth-order valence-corrected chi connectivity index (χ4v) is 3.45. The summed E-state index contributed by atoms with van der Waals surface area (Å²) in [6, 6.07) is 23.9. The number of benzene rings is 3. The van der Waals surface area contributed by atoms with Crippen molar-refractivity contribution < 1.29 is 4.79 Å². The largest absolute Gasteiger partial charge is 0.321 e. The zero-order valence-electron chi connectivity index (χ0n) is 17.0. The molecule has 0 aromatic heterocycles. The molecule has 0 aliphatic carbocycles. The highest BCUT2D eigenvalue weighted by Crippen LogP contribution is 2.20. The number of aryl methyl sites for hydroxylation is 3. The predicted molar refractivity (Wildman–Crippen MR) is 119 cm³/mol. The van der Waals surface area contributed by atoms with Gasteiger partial charge in [0.25, 0.3) is 5.91 Å². The minimum Gasteiger partial charge on any atom is -0.321 e. The van der Waals surface area contributed by atoms with Crippen molar-refractivity contribution >= 4 is 17.7 Å². The van der Waals surface area contributed by atoms with Gasteiger partial charge < -0.3 is 5.32 Å². The lowest BCUT2D eigenvalue weighted by atomic mass is 9.96. The van der Waals surface area contributed by atoms with Crippen LogP contribution in [0.4, 0.5) is 5.69 Å². The van der Waals surface area contributed by atoms with Crippen LogP contribution in [0.3, 0.4) is 0 Å². The van der Waals surface area contributed by atoms with Gasteiger partial charge in [0.15, 0.2) is 0 Å². The number of amides is 1. The highest BCUT2D eigenvalue weighted by Gasteiger charge is 2.11. The van der Waals surface area contributed by atoms with Crippen molar-refractivity contribution in [3.63, 3.8) is 0 Å². The molecule has 0 radical (unpaired) electrons. The number of anilines is 1. The quantitative estimate of drug-likeness (QED) is 0.453. The molecule has 144 valence electrons. The number of carbonyl (C=O) groups is 1. The Morgan fingerprint density at radius 2 is 1.66 bits per heavy atom. The minimum absolute atomic E-state index is 0.0828. The molecule has 0 saturated carbocycles. The molecule has 0 spiro atoms. The second-order valence-electron chi connectivity index (χ2n) is 7.36. The van der Waals surface area contributed by atoms with Crippen molar-refractivity contribution in [3.05, 3.63) is 106 Å². The van der Waals surface area contributed by atoms with Gasteiger partial charge in [-0.3, -0.25) is 4.79 Å². The van der Waals surface area contributed by atoms with Crippen LogP contribution in [0.5, 0.6) is 0 Å². The second-order valence-corrected chi connectivity index (χ2v) is 7.36. The molecule has 0 heterocycles. The van der Waals surface area contributed by atoms with Crippen molar-refractivity contribution in [1.29, 1.82) is 5.26 Å². The second kappa shape index (κ2) is 9.03. The van der Waals surface area contributed by atoms with Gasteiger partial charge in [-0.2, -0.15) is 5.26 Å². The predicted octanol–water partition coefficient (Wildman–Crippen LogP) is 5.75.